The molecule has 0 heterocycles. The van der Waals surface area contributed by atoms with Crippen molar-refractivity contribution >= 4 is 17.7 Å². The number of hydrogen-bond acceptors (Lipinski definition) is 4. The molecule has 0 aliphatic carbocycles. The fourth-order valence-corrected chi connectivity index (χ4v) is 3.82. The highest BCUT2D eigenvalue weighted by atomic mass is 32.2. The van der Waals surface area contributed by atoms with E-state index in [-0.39, 0.29) is 11.4 Å². The number of benzene rings is 3. The summed E-state index contributed by atoms with van der Waals surface area (Å²) in [4.78, 5) is 12.1. The molecule has 3 aromatic rings. The van der Waals surface area contributed by atoms with Crippen molar-refractivity contribution < 1.29 is 9.11 Å². The van der Waals surface area contributed by atoms with Crippen LogP contribution in [0.15, 0.2) is 59.5 Å². The Kier molecular flexibility index (Phi) is 5.51. The highest BCUT2D eigenvalue weighted by Crippen LogP contribution is 2.41. The second kappa shape index (κ2) is 7.84. The van der Waals surface area contributed by atoms with Crippen molar-refractivity contribution in [2.24, 2.45) is 0 Å². The van der Waals surface area contributed by atoms with Gasteiger partial charge in [0.25, 0.3) is 0 Å². The van der Waals surface area contributed by atoms with Crippen LogP contribution in [0.5, 0.6) is 5.75 Å². The minimum atomic E-state index is -0.400. The Bertz CT molecular complexity index is 974. The summed E-state index contributed by atoms with van der Waals surface area (Å²) in [5.74, 6) is 0.274. The second-order valence-corrected chi connectivity index (χ2v) is 7.41. The zero-order chi connectivity index (χ0) is 19.6. The quantitative estimate of drug-likeness (QED) is 0.285. The van der Waals surface area contributed by atoms with Crippen LogP contribution in [0.25, 0.3) is 11.1 Å². The molecular weight excluding hydrogens is 358 g/mol. The molecule has 0 fully saturated rings. The first-order valence-electron chi connectivity index (χ1n) is 8.63. The van der Waals surface area contributed by atoms with Crippen LogP contribution in [-0.2, 0) is 0 Å². The molecule has 0 atom stereocenters. The first kappa shape index (κ1) is 19.0. The van der Waals surface area contributed by atoms with Crippen molar-refractivity contribution in [2.75, 3.05) is 0 Å². The van der Waals surface area contributed by atoms with Crippen molar-refractivity contribution in [3.63, 3.8) is 0 Å². The zero-order valence-electron chi connectivity index (χ0n) is 15.8. The first-order chi connectivity index (χ1) is 12.9. The SMILES string of the molecule is Cc1ccc(-c2cccc([N+](=O)[O-])c2OSc2c(C)cc(C)cc2C)cc1. The first-order valence-corrected chi connectivity index (χ1v) is 9.38. The number of aryl methyl sites for hydroxylation is 4. The van der Waals surface area contributed by atoms with Gasteiger partial charge < -0.3 is 4.18 Å². The summed E-state index contributed by atoms with van der Waals surface area (Å²) in [7, 11) is 0. The van der Waals surface area contributed by atoms with Crippen LogP contribution in [0.3, 0.4) is 0 Å². The van der Waals surface area contributed by atoms with Gasteiger partial charge >= 0.3 is 5.69 Å². The lowest BCUT2D eigenvalue weighted by atomic mass is 10.0. The van der Waals surface area contributed by atoms with Crippen molar-refractivity contribution in [1.29, 1.82) is 0 Å². The highest BCUT2D eigenvalue weighted by Gasteiger charge is 2.21. The molecule has 3 aromatic carbocycles. The van der Waals surface area contributed by atoms with Crippen molar-refractivity contribution in [3.8, 4) is 16.9 Å². The predicted octanol–water partition coefficient (Wildman–Crippen LogP) is 6.58. The summed E-state index contributed by atoms with van der Waals surface area (Å²) < 4.78 is 5.98. The van der Waals surface area contributed by atoms with Gasteiger partial charge in [-0.15, -0.1) is 0 Å². The molecule has 0 aromatic heterocycles. The van der Waals surface area contributed by atoms with Gasteiger partial charge in [-0.1, -0.05) is 59.7 Å². The molecule has 4 nitrogen and oxygen atoms in total. The van der Waals surface area contributed by atoms with Crippen molar-refractivity contribution in [2.45, 2.75) is 32.6 Å². The zero-order valence-corrected chi connectivity index (χ0v) is 16.6. The minimum absolute atomic E-state index is 0.0389. The Labute approximate surface area is 163 Å². The Balaban J connectivity index is 2.03. The van der Waals surface area contributed by atoms with Gasteiger partial charge in [0.05, 0.1) is 21.9 Å². The summed E-state index contributed by atoms with van der Waals surface area (Å²) in [6.45, 7) is 8.10. The van der Waals surface area contributed by atoms with E-state index in [4.69, 9.17) is 4.18 Å². The van der Waals surface area contributed by atoms with E-state index in [1.165, 1.54) is 23.7 Å². The van der Waals surface area contributed by atoms with Crippen LogP contribution in [0.2, 0.25) is 0 Å². The van der Waals surface area contributed by atoms with Gasteiger partial charge in [-0.05, 0) is 44.4 Å². The molecule has 0 unspecified atom stereocenters. The van der Waals surface area contributed by atoms with E-state index in [2.05, 4.69) is 12.1 Å². The average molecular weight is 379 g/mol. The molecule has 0 radical (unpaired) electrons. The molecule has 0 bridgehead atoms. The maximum Gasteiger partial charge on any atom is 0.313 e. The highest BCUT2D eigenvalue weighted by molar-refractivity contribution is 7.95. The fraction of sp³-hybridized carbons (Fsp3) is 0.182. The molecule has 0 saturated carbocycles. The molecule has 0 N–H and O–H groups in total. The lowest BCUT2D eigenvalue weighted by Crippen LogP contribution is -1.96. The average Bonchev–Trinajstić information content (AvgIpc) is 2.61. The van der Waals surface area contributed by atoms with Gasteiger partial charge in [-0.3, -0.25) is 10.1 Å². The van der Waals surface area contributed by atoms with E-state index < -0.39 is 4.92 Å². The molecule has 3 rings (SSSR count). The van der Waals surface area contributed by atoms with Crippen LogP contribution in [0, 0.1) is 37.8 Å². The Hall–Kier alpha value is -2.79. The summed E-state index contributed by atoms with van der Waals surface area (Å²) in [6.07, 6.45) is 0. The van der Waals surface area contributed by atoms with E-state index in [9.17, 15) is 10.1 Å². The summed E-state index contributed by atoms with van der Waals surface area (Å²) >= 11 is 1.17. The van der Waals surface area contributed by atoms with Crippen LogP contribution in [-0.4, -0.2) is 4.92 Å². The number of nitrogens with zero attached hydrogens (tertiary/aromatic N) is 1. The van der Waals surface area contributed by atoms with Gasteiger partial charge in [0.15, 0.2) is 0 Å². The third-order valence-corrected chi connectivity index (χ3v) is 5.43. The number of nitro groups is 1. The smallest absolute Gasteiger partial charge is 0.313 e. The fourth-order valence-electron chi connectivity index (χ4n) is 3.10. The summed E-state index contributed by atoms with van der Waals surface area (Å²) in [5, 5.41) is 11.6. The Morgan fingerprint density at radius 1 is 0.889 bits per heavy atom. The van der Waals surface area contributed by atoms with Gasteiger partial charge in [-0.2, -0.15) is 0 Å². The monoisotopic (exact) mass is 379 g/mol. The lowest BCUT2D eigenvalue weighted by molar-refractivity contribution is -0.385. The van der Waals surface area contributed by atoms with E-state index in [0.717, 1.165) is 27.1 Å². The van der Waals surface area contributed by atoms with Gasteiger partial charge in [0, 0.05) is 11.6 Å². The largest absolute Gasteiger partial charge is 0.413 e. The van der Waals surface area contributed by atoms with Gasteiger partial charge in [-0.25, -0.2) is 0 Å². The normalized spacial score (nSPS) is 10.7. The van der Waals surface area contributed by atoms with E-state index >= 15 is 0 Å². The van der Waals surface area contributed by atoms with E-state index in [1.54, 1.807) is 6.07 Å². The lowest BCUT2D eigenvalue weighted by Gasteiger charge is -2.14. The summed E-state index contributed by atoms with van der Waals surface area (Å²) in [6, 6.07) is 17.1. The third-order valence-electron chi connectivity index (χ3n) is 4.37. The van der Waals surface area contributed by atoms with Gasteiger partial charge in [0.1, 0.15) is 0 Å². The molecular formula is C22H21NO3S. The van der Waals surface area contributed by atoms with Crippen molar-refractivity contribution in [1.82, 2.24) is 0 Å². The molecule has 0 aliphatic heterocycles. The predicted molar refractivity (Wildman–Crippen MR) is 110 cm³/mol. The number of hydrogen-bond donors (Lipinski definition) is 0. The molecule has 0 spiro atoms. The van der Waals surface area contributed by atoms with Crippen LogP contribution >= 0.6 is 12.0 Å². The topological polar surface area (TPSA) is 52.4 Å². The standard InChI is InChI=1S/C22H21NO3S/c1-14-8-10-18(11-9-14)19-6-5-7-20(23(24)25)21(19)26-27-22-16(3)12-15(2)13-17(22)4/h5-13H,1-4H3. The van der Waals surface area contributed by atoms with Crippen molar-refractivity contribution in [3.05, 3.63) is 87.0 Å². The van der Waals surface area contributed by atoms with Gasteiger partial charge in [0.2, 0.25) is 5.75 Å². The molecule has 0 aliphatic rings. The maximum atomic E-state index is 11.6. The Morgan fingerprint density at radius 3 is 2.11 bits per heavy atom. The molecule has 27 heavy (non-hydrogen) atoms. The minimum Gasteiger partial charge on any atom is -0.413 e. The number of para-hydroxylation sites is 1. The molecule has 0 saturated heterocycles. The molecule has 0 amide bonds. The number of nitro benzene ring substituents is 1. The van der Waals surface area contributed by atoms with E-state index in [1.807, 2.05) is 58.0 Å². The van der Waals surface area contributed by atoms with E-state index in [0.29, 0.717) is 5.56 Å². The molecule has 5 heteroatoms. The maximum absolute atomic E-state index is 11.6. The van der Waals surface area contributed by atoms with Crippen LogP contribution in [0.4, 0.5) is 5.69 Å². The Morgan fingerprint density at radius 2 is 1.52 bits per heavy atom. The second-order valence-electron chi connectivity index (χ2n) is 6.67. The van der Waals surface area contributed by atoms with Crippen LogP contribution in [0.1, 0.15) is 22.3 Å². The third kappa shape index (κ3) is 4.14. The molecule has 138 valence electrons. The number of rotatable bonds is 5. The van der Waals surface area contributed by atoms with Crippen LogP contribution < -0.4 is 4.18 Å². The summed E-state index contributed by atoms with van der Waals surface area (Å²) in [5.41, 5.74) is 6.05.